The highest BCUT2D eigenvalue weighted by molar-refractivity contribution is 5.87. The zero-order valence-electron chi connectivity index (χ0n) is 10.7. The van der Waals surface area contributed by atoms with Gasteiger partial charge < -0.3 is 9.15 Å². The molecule has 1 heterocycles. The van der Waals surface area contributed by atoms with Crippen molar-refractivity contribution < 1.29 is 18.3 Å². The van der Waals surface area contributed by atoms with Crippen LogP contribution in [0.4, 0.5) is 4.39 Å². The van der Waals surface area contributed by atoms with Gasteiger partial charge in [0.15, 0.2) is 23.6 Å². The highest BCUT2D eigenvalue weighted by Crippen LogP contribution is 2.37. The van der Waals surface area contributed by atoms with E-state index in [0.717, 1.165) is 0 Å². The molecule has 0 spiro atoms. The highest BCUT2D eigenvalue weighted by Gasteiger charge is 2.19. The first kappa shape index (κ1) is 12.9. The van der Waals surface area contributed by atoms with Crippen LogP contribution in [0.5, 0.6) is 11.5 Å². The van der Waals surface area contributed by atoms with Gasteiger partial charge in [-0.15, -0.1) is 0 Å². The fourth-order valence-corrected chi connectivity index (χ4v) is 2.02. The van der Waals surface area contributed by atoms with E-state index < -0.39 is 5.82 Å². The summed E-state index contributed by atoms with van der Waals surface area (Å²) in [5, 5.41) is 9.64. The van der Waals surface area contributed by atoms with E-state index in [-0.39, 0.29) is 22.8 Å². The molecule has 4 nitrogen and oxygen atoms in total. The Bertz CT molecular complexity index is 877. The van der Waals surface area contributed by atoms with E-state index in [1.165, 1.54) is 18.2 Å². The summed E-state index contributed by atoms with van der Waals surface area (Å²) in [6.07, 6.45) is 0.493. The standard InChI is InChI=1S/C16H8FNO3/c17-12-6-3-4-10(9-19)15(12)21-16-11-5-1-2-7-13(11)20-14(16)8-18/h1-7,9H. The van der Waals surface area contributed by atoms with Gasteiger partial charge in [0, 0.05) is 0 Å². The summed E-state index contributed by atoms with van der Waals surface area (Å²) in [5.74, 6) is -0.887. The topological polar surface area (TPSA) is 63.2 Å². The quantitative estimate of drug-likeness (QED) is 0.679. The number of hydrogen-bond donors (Lipinski definition) is 0. The van der Waals surface area contributed by atoms with Gasteiger partial charge in [-0.2, -0.15) is 5.26 Å². The van der Waals surface area contributed by atoms with Crippen LogP contribution >= 0.6 is 0 Å². The van der Waals surface area contributed by atoms with Crippen LogP contribution in [-0.2, 0) is 0 Å². The Morgan fingerprint density at radius 2 is 1.95 bits per heavy atom. The first-order valence-electron chi connectivity index (χ1n) is 6.07. The van der Waals surface area contributed by atoms with Crippen molar-refractivity contribution in [3.8, 4) is 17.6 Å². The Labute approximate surface area is 119 Å². The van der Waals surface area contributed by atoms with Crippen molar-refractivity contribution >= 4 is 17.3 Å². The normalized spacial score (nSPS) is 10.3. The lowest BCUT2D eigenvalue weighted by Crippen LogP contribution is -1.94. The number of furan rings is 1. The van der Waals surface area contributed by atoms with Gasteiger partial charge in [0.1, 0.15) is 11.7 Å². The van der Waals surface area contributed by atoms with Crippen molar-refractivity contribution in [2.24, 2.45) is 0 Å². The van der Waals surface area contributed by atoms with E-state index in [4.69, 9.17) is 14.4 Å². The van der Waals surface area contributed by atoms with E-state index >= 15 is 0 Å². The molecule has 3 aromatic rings. The van der Waals surface area contributed by atoms with Crippen molar-refractivity contribution in [3.05, 3.63) is 59.6 Å². The summed E-state index contributed by atoms with van der Waals surface area (Å²) in [6.45, 7) is 0. The van der Waals surface area contributed by atoms with Crippen LogP contribution in [0, 0.1) is 17.1 Å². The van der Waals surface area contributed by atoms with Gasteiger partial charge in [-0.05, 0) is 24.3 Å². The van der Waals surface area contributed by atoms with Crippen LogP contribution in [0.3, 0.4) is 0 Å². The largest absolute Gasteiger partial charge is 0.448 e. The predicted molar refractivity (Wildman–Crippen MR) is 72.8 cm³/mol. The molecule has 5 heteroatoms. The van der Waals surface area contributed by atoms with E-state index in [1.807, 2.05) is 6.07 Å². The lowest BCUT2D eigenvalue weighted by molar-refractivity contribution is 0.112. The van der Waals surface area contributed by atoms with Gasteiger partial charge in [-0.3, -0.25) is 4.79 Å². The maximum atomic E-state index is 13.9. The number of carbonyl (C=O) groups is 1. The molecule has 102 valence electrons. The molecule has 0 atom stereocenters. The summed E-state index contributed by atoms with van der Waals surface area (Å²) < 4.78 is 24.7. The average Bonchev–Trinajstić information content (AvgIpc) is 2.87. The molecule has 0 saturated heterocycles. The fraction of sp³-hybridized carbons (Fsp3) is 0. The first-order chi connectivity index (χ1) is 10.2. The van der Waals surface area contributed by atoms with Crippen LogP contribution in [0.25, 0.3) is 11.0 Å². The molecule has 0 fully saturated rings. The van der Waals surface area contributed by atoms with Crippen molar-refractivity contribution in [1.29, 1.82) is 5.26 Å². The molecule has 2 aromatic carbocycles. The predicted octanol–water partition coefficient (Wildman–Crippen LogP) is 4.05. The second kappa shape index (κ2) is 5.10. The minimum absolute atomic E-state index is 0.0594. The van der Waals surface area contributed by atoms with Gasteiger partial charge in [0.2, 0.25) is 5.76 Å². The molecule has 0 aliphatic heterocycles. The summed E-state index contributed by atoms with van der Waals surface area (Å²) in [4.78, 5) is 11.0. The Hall–Kier alpha value is -3.13. The number of fused-ring (bicyclic) bond motifs is 1. The van der Waals surface area contributed by atoms with Crippen molar-refractivity contribution in [3.63, 3.8) is 0 Å². The molecule has 1 aromatic heterocycles. The Kier molecular flexibility index (Phi) is 3.13. The van der Waals surface area contributed by atoms with Crippen LogP contribution in [-0.4, -0.2) is 6.29 Å². The lowest BCUT2D eigenvalue weighted by Gasteiger charge is -2.07. The number of carbonyl (C=O) groups excluding carboxylic acids is 1. The monoisotopic (exact) mass is 281 g/mol. The molecular weight excluding hydrogens is 273 g/mol. The Morgan fingerprint density at radius 3 is 2.71 bits per heavy atom. The van der Waals surface area contributed by atoms with E-state index in [0.29, 0.717) is 17.3 Å². The number of rotatable bonds is 3. The maximum absolute atomic E-state index is 13.9. The smallest absolute Gasteiger partial charge is 0.247 e. The van der Waals surface area contributed by atoms with Crippen LogP contribution in [0.15, 0.2) is 46.9 Å². The number of ether oxygens (including phenoxy) is 1. The second-order valence-electron chi connectivity index (χ2n) is 4.25. The summed E-state index contributed by atoms with van der Waals surface area (Å²) in [5.41, 5.74) is 0.511. The van der Waals surface area contributed by atoms with E-state index in [2.05, 4.69) is 0 Å². The van der Waals surface area contributed by atoms with Gasteiger partial charge in [0.05, 0.1) is 10.9 Å². The molecule has 0 N–H and O–H groups in total. The third kappa shape index (κ3) is 2.13. The van der Waals surface area contributed by atoms with Gasteiger partial charge >= 0.3 is 0 Å². The molecule has 0 bridgehead atoms. The number of hydrogen-bond acceptors (Lipinski definition) is 4. The average molecular weight is 281 g/mol. The lowest BCUT2D eigenvalue weighted by atomic mass is 10.2. The third-order valence-electron chi connectivity index (χ3n) is 2.98. The van der Waals surface area contributed by atoms with Crippen molar-refractivity contribution in [2.75, 3.05) is 0 Å². The number of halogens is 1. The summed E-state index contributed by atoms with van der Waals surface area (Å²) >= 11 is 0. The number of aldehydes is 1. The maximum Gasteiger partial charge on any atom is 0.247 e. The molecular formula is C16H8FNO3. The SMILES string of the molecule is N#Cc1oc2ccccc2c1Oc1c(F)cccc1C=O. The Morgan fingerprint density at radius 1 is 1.14 bits per heavy atom. The molecule has 21 heavy (non-hydrogen) atoms. The number of nitriles is 1. The number of para-hydroxylation sites is 2. The summed E-state index contributed by atoms with van der Waals surface area (Å²) in [6, 6.07) is 12.7. The molecule has 0 radical (unpaired) electrons. The third-order valence-corrected chi connectivity index (χ3v) is 2.98. The summed E-state index contributed by atoms with van der Waals surface area (Å²) in [7, 11) is 0. The highest BCUT2D eigenvalue weighted by atomic mass is 19.1. The van der Waals surface area contributed by atoms with Gasteiger partial charge in [0.25, 0.3) is 0 Å². The van der Waals surface area contributed by atoms with Gasteiger partial charge in [-0.1, -0.05) is 18.2 Å². The van der Waals surface area contributed by atoms with Crippen LogP contribution < -0.4 is 4.74 Å². The van der Waals surface area contributed by atoms with Crippen LogP contribution in [0.2, 0.25) is 0 Å². The number of nitrogens with zero attached hydrogens (tertiary/aromatic N) is 1. The molecule has 0 saturated carbocycles. The zero-order chi connectivity index (χ0) is 14.8. The van der Waals surface area contributed by atoms with E-state index in [9.17, 15) is 9.18 Å². The second-order valence-corrected chi connectivity index (χ2v) is 4.25. The van der Waals surface area contributed by atoms with Crippen molar-refractivity contribution in [2.45, 2.75) is 0 Å². The number of benzene rings is 2. The minimum atomic E-state index is -0.686. The van der Waals surface area contributed by atoms with E-state index in [1.54, 1.807) is 24.3 Å². The molecule has 0 aliphatic carbocycles. The molecule has 0 unspecified atom stereocenters. The van der Waals surface area contributed by atoms with Crippen molar-refractivity contribution in [1.82, 2.24) is 0 Å². The molecule has 0 aliphatic rings. The molecule has 0 amide bonds. The first-order valence-corrected chi connectivity index (χ1v) is 6.07. The zero-order valence-corrected chi connectivity index (χ0v) is 10.7. The fourth-order valence-electron chi connectivity index (χ4n) is 2.02. The van der Waals surface area contributed by atoms with Gasteiger partial charge in [-0.25, -0.2) is 4.39 Å². The Balaban J connectivity index is 2.19. The minimum Gasteiger partial charge on any atom is -0.448 e. The molecule has 3 rings (SSSR count). The van der Waals surface area contributed by atoms with Crippen LogP contribution in [0.1, 0.15) is 16.1 Å².